The summed E-state index contributed by atoms with van der Waals surface area (Å²) in [4.78, 5) is 34.1. The molecular formula is C13H15BrN2O4. The van der Waals surface area contributed by atoms with E-state index in [1.54, 1.807) is 24.3 Å². The summed E-state index contributed by atoms with van der Waals surface area (Å²) in [6.45, 7) is 0. The Hall–Kier alpha value is -1.89. The quantitative estimate of drug-likeness (QED) is 0.628. The molecule has 0 aliphatic heterocycles. The Morgan fingerprint density at radius 3 is 2.50 bits per heavy atom. The second-order valence-electron chi connectivity index (χ2n) is 3.91. The molecule has 20 heavy (non-hydrogen) atoms. The van der Waals surface area contributed by atoms with Gasteiger partial charge in [-0.3, -0.25) is 25.2 Å². The maximum absolute atomic E-state index is 11.8. The van der Waals surface area contributed by atoms with Crippen LogP contribution in [0.15, 0.2) is 28.7 Å². The summed E-state index contributed by atoms with van der Waals surface area (Å²) in [5, 5.41) is 0. The van der Waals surface area contributed by atoms with Crippen LogP contribution in [0.2, 0.25) is 0 Å². The Bertz CT molecular complexity index is 505. The molecule has 1 aromatic rings. The number of ether oxygens (including phenoxy) is 1. The van der Waals surface area contributed by atoms with Crippen molar-refractivity contribution >= 4 is 33.7 Å². The average molecular weight is 343 g/mol. The standard InChI is InChI=1S/C13H15BrN2O4/c1-20-12(18)8-4-7-11(17)15-16-13(19)9-5-2-3-6-10(9)14/h2-3,5-6H,4,7-8H2,1H3,(H,15,17)(H,16,19). The number of hydrazine groups is 1. The number of benzene rings is 1. The van der Waals surface area contributed by atoms with E-state index in [4.69, 9.17) is 0 Å². The highest BCUT2D eigenvalue weighted by molar-refractivity contribution is 9.10. The first-order valence-corrected chi connectivity index (χ1v) is 6.74. The zero-order chi connectivity index (χ0) is 15.0. The summed E-state index contributed by atoms with van der Waals surface area (Å²) in [6.07, 6.45) is 0.664. The molecule has 0 aromatic heterocycles. The van der Waals surface area contributed by atoms with Crippen LogP contribution < -0.4 is 10.9 Å². The molecular weight excluding hydrogens is 328 g/mol. The number of halogens is 1. The lowest BCUT2D eigenvalue weighted by molar-refractivity contribution is -0.140. The average Bonchev–Trinajstić information content (AvgIpc) is 2.45. The maximum Gasteiger partial charge on any atom is 0.305 e. The van der Waals surface area contributed by atoms with Gasteiger partial charge in [-0.1, -0.05) is 12.1 Å². The number of nitrogens with one attached hydrogen (secondary N) is 2. The molecule has 0 bridgehead atoms. The lowest BCUT2D eigenvalue weighted by Gasteiger charge is -2.08. The van der Waals surface area contributed by atoms with Gasteiger partial charge in [-0.2, -0.15) is 0 Å². The molecule has 0 radical (unpaired) electrons. The summed E-state index contributed by atoms with van der Waals surface area (Å²) in [5.41, 5.74) is 5.01. The number of hydrogen-bond acceptors (Lipinski definition) is 4. The minimum atomic E-state index is -0.418. The molecule has 0 atom stereocenters. The molecule has 0 aliphatic carbocycles. The van der Waals surface area contributed by atoms with Crippen molar-refractivity contribution in [2.24, 2.45) is 0 Å². The number of amides is 2. The lowest BCUT2D eigenvalue weighted by atomic mass is 10.2. The third-order valence-corrected chi connectivity index (χ3v) is 3.14. The van der Waals surface area contributed by atoms with Crippen molar-refractivity contribution in [2.45, 2.75) is 19.3 Å². The van der Waals surface area contributed by atoms with Gasteiger partial charge in [0, 0.05) is 17.3 Å². The summed E-state index contributed by atoms with van der Waals surface area (Å²) in [5.74, 6) is -1.15. The first-order chi connectivity index (χ1) is 9.54. The number of methoxy groups -OCH3 is 1. The van der Waals surface area contributed by atoms with Gasteiger partial charge in [0.2, 0.25) is 5.91 Å². The van der Waals surface area contributed by atoms with Crippen LogP contribution in [-0.2, 0) is 14.3 Å². The first kappa shape index (κ1) is 16.2. The van der Waals surface area contributed by atoms with Crippen molar-refractivity contribution in [1.29, 1.82) is 0 Å². The maximum atomic E-state index is 11.8. The zero-order valence-electron chi connectivity index (χ0n) is 10.9. The molecule has 0 fully saturated rings. The van der Waals surface area contributed by atoms with Crippen molar-refractivity contribution in [3.05, 3.63) is 34.3 Å². The highest BCUT2D eigenvalue weighted by atomic mass is 79.9. The fraction of sp³-hybridized carbons (Fsp3) is 0.308. The van der Waals surface area contributed by atoms with E-state index in [0.717, 1.165) is 0 Å². The number of rotatable bonds is 5. The van der Waals surface area contributed by atoms with Gasteiger partial charge < -0.3 is 4.74 Å². The molecule has 2 N–H and O–H groups in total. The van der Waals surface area contributed by atoms with E-state index in [0.29, 0.717) is 16.5 Å². The molecule has 6 nitrogen and oxygen atoms in total. The Labute approximate surface area is 125 Å². The van der Waals surface area contributed by atoms with E-state index >= 15 is 0 Å². The van der Waals surface area contributed by atoms with E-state index in [2.05, 4.69) is 31.5 Å². The number of hydrogen-bond donors (Lipinski definition) is 2. The van der Waals surface area contributed by atoms with E-state index in [-0.39, 0.29) is 24.7 Å². The Morgan fingerprint density at radius 2 is 1.85 bits per heavy atom. The molecule has 0 aliphatic rings. The second kappa shape index (κ2) is 8.31. The SMILES string of the molecule is COC(=O)CCCC(=O)NNC(=O)c1ccccc1Br. The lowest BCUT2D eigenvalue weighted by Crippen LogP contribution is -2.41. The molecule has 7 heteroatoms. The van der Waals surface area contributed by atoms with Crippen LogP contribution in [0.4, 0.5) is 0 Å². The summed E-state index contributed by atoms with van der Waals surface area (Å²) < 4.78 is 5.09. The van der Waals surface area contributed by atoms with Gasteiger partial charge in [-0.25, -0.2) is 0 Å². The van der Waals surface area contributed by atoms with Crippen molar-refractivity contribution in [1.82, 2.24) is 10.9 Å². The number of carbonyl (C=O) groups excluding carboxylic acids is 3. The van der Waals surface area contributed by atoms with E-state index < -0.39 is 5.91 Å². The summed E-state index contributed by atoms with van der Waals surface area (Å²) in [6, 6.07) is 6.86. The molecule has 0 spiro atoms. The minimum Gasteiger partial charge on any atom is -0.469 e. The van der Waals surface area contributed by atoms with Crippen LogP contribution in [0.3, 0.4) is 0 Å². The third-order valence-electron chi connectivity index (χ3n) is 2.45. The van der Waals surface area contributed by atoms with Gasteiger partial charge in [0.15, 0.2) is 0 Å². The predicted octanol–water partition coefficient (Wildman–Crippen LogP) is 1.55. The van der Waals surface area contributed by atoms with Gasteiger partial charge in [0.05, 0.1) is 12.7 Å². The fourth-order valence-electron chi connectivity index (χ4n) is 1.40. The Balaban J connectivity index is 2.33. The van der Waals surface area contributed by atoms with Crippen LogP contribution in [0, 0.1) is 0 Å². The molecule has 0 heterocycles. The highest BCUT2D eigenvalue weighted by Gasteiger charge is 2.10. The molecule has 2 amide bonds. The molecule has 0 unspecified atom stereocenters. The molecule has 0 saturated carbocycles. The molecule has 1 aromatic carbocycles. The minimum absolute atomic E-state index is 0.130. The molecule has 108 valence electrons. The molecule has 1 rings (SSSR count). The van der Waals surface area contributed by atoms with Crippen molar-refractivity contribution < 1.29 is 19.1 Å². The predicted molar refractivity (Wildman–Crippen MR) is 75.6 cm³/mol. The first-order valence-electron chi connectivity index (χ1n) is 5.95. The van der Waals surface area contributed by atoms with Gasteiger partial charge in [-0.05, 0) is 34.5 Å². The van der Waals surface area contributed by atoms with E-state index in [9.17, 15) is 14.4 Å². The van der Waals surface area contributed by atoms with Crippen LogP contribution in [-0.4, -0.2) is 24.9 Å². The topological polar surface area (TPSA) is 84.5 Å². The number of esters is 1. The summed E-state index contributed by atoms with van der Waals surface area (Å²) >= 11 is 3.24. The Kier molecular flexibility index (Phi) is 6.72. The monoisotopic (exact) mass is 342 g/mol. The normalized spacial score (nSPS) is 9.70. The van der Waals surface area contributed by atoms with Gasteiger partial charge >= 0.3 is 5.97 Å². The van der Waals surface area contributed by atoms with Crippen LogP contribution >= 0.6 is 15.9 Å². The van der Waals surface area contributed by atoms with Gasteiger partial charge in [-0.15, -0.1) is 0 Å². The largest absolute Gasteiger partial charge is 0.469 e. The van der Waals surface area contributed by atoms with E-state index in [1.165, 1.54) is 7.11 Å². The van der Waals surface area contributed by atoms with Crippen molar-refractivity contribution in [2.75, 3.05) is 7.11 Å². The Morgan fingerprint density at radius 1 is 1.15 bits per heavy atom. The smallest absolute Gasteiger partial charge is 0.305 e. The third kappa shape index (κ3) is 5.40. The number of carbonyl (C=O) groups is 3. The van der Waals surface area contributed by atoms with Gasteiger partial charge in [0.1, 0.15) is 0 Å². The van der Waals surface area contributed by atoms with Gasteiger partial charge in [0.25, 0.3) is 5.91 Å². The van der Waals surface area contributed by atoms with Crippen molar-refractivity contribution in [3.63, 3.8) is 0 Å². The van der Waals surface area contributed by atoms with Crippen LogP contribution in [0.25, 0.3) is 0 Å². The molecule has 0 saturated heterocycles. The summed E-state index contributed by atoms with van der Waals surface area (Å²) in [7, 11) is 1.29. The van der Waals surface area contributed by atoms with E-state index in [1.807, 2.05) is 0 Å². The highest BCUT2D eigenvalue weighted by Crippen LogP contribution is 2.15. The second-order valence-corrected chi connectivity index (χ2v) is 4.77. The van der Waals surface area contributed by atoms with Crippen LogP contribution in [0.5, 0.6) is 0 Å². The van der Waals surface area contributed by atoms with Crippen molar-refractivity contribution in [3.8, 4) is 0 Å². The zero-order valence-corrected chi connectivity index (χ0v) is 12.5. The fourth-order valence-corrected chi connectivity index (χ4v) is 1.86. The van der Waals surface area contributed by atoms with Crippen LogP contribution in [0.1, 0.15) is 29.6 Å².